The SMILES string of the molecule is COc1ccccc1N1CC[NH+](Cc2nc(N)nc(Nc3cccc(C)c3)n2)CC1. The number of piperazine rings is 1. The first-order valence-electron chi connectivity index (χ1n) is 10.2. The lowest BCUT2D eigenvalue weighted by molar-refractivity contribution is -0.915. The number of para-hydroxylation sites is 2. The van der Waals surface area contributed by atoms with Crippen LogP contribution in [0.25, 0.3) is 0 Å². The van der Waals surface area contributed by atoms with Gasteiger partial charge in [-0.2, -0.15) is 15.0 Å². The fourth-order valence-electron chi connectivity index (χ4n) is 3.78. The second-order valence-electron chi connectivity index (χ2n) is 7.51. The second kappa shape index (κ2) is 8.96. The summed E-state index contributed by atoms with van der Waals surface area (Å²) in [6, 6.07) is 16.2. The largest absolute Gasteiger partial charge is 0.495 e. The third-order valence-corrected chi connectivity index (χ3v) is 5.28. The van der Waals surface area contributed by atoms with E-state index in [1.54, 1.807) is 7.11 Å². The van der Waals surface area contributed by atoms with Crippen LogP contribution in [-0.2, 0) is 6.54 Å². The molecular formula is C22H28N7O+. The molecule has 0 spiro atoms. The molecule has 156 valence electrons. The van der Waals surface area contributed by atoms with E-state index >= 15 is 0 Å². The fraction of sp³-hybridized carbons (Fsp3) is 0.318. The Kier molecular flexibility index (Phi) is 5.94. The molecule has 8 heteroatoms. The van der Waals surface area contributed by atoms with Crippen molar-refractivity contribution >= 4 is 23.3 Å². The number of rotatable bonds is 6. The molecule has 1 fully saturated rings. The van der Waals surface area contributed by atoms with Crippen molar-refractivity contribution in [3.8, 4) is 5.75 Å². The van der Waals surface area contributed by atoms with Gasteiger partial charge >= 0.3 is 0 Å². The number of aromatic nitrogens is 3. The van der Waals surface area contributed by atoms with Crippen molar-refractivity contribution in [2.24, 2.45) is 0 Å². The van der Waals surface area contributed by atoms with Gasteiger partial charge in [0.15, 0.2) is 5.82 Å². The topological polar surface area (TPSA) is 93.6 Å². The average molecular weight is 407 g/mol. The number of aryl methyl sites for hydroxylation is 1. The summed E-state index contributed by atoms with van der Waals surface area (Å²) in [5.74, 6) is 2.34. The smallest absolute Gasteiger partial charge is 0.232 e. The van der Waals surface area contributed by atoms with Gasteiger partial charge in [-0.15, -0.1) is 0 Å². The minimum Gasteiger partial charge on any atom is -0.495 e. The summed E-state index contributed by atoms with van der Waals surface area (Å²) < 4.78 is 5.51. The van der Waals surface area contributed by atoms with E-state index in [0.29, 0.717) is 11.8 Å². The number of benzene rings is 2. The lowest BCUT2D eigenvalue weighted by atomic mass is 10.2. The number of nitrogens with zero attached hydrogens (tertiary/aromatic N) is 4. The predicted octanol–water partition coefficient (Wildman–Crippen LogP) is 1.42. The third-order valence-electron chi connectivity index (χ3n) is 5.28. The minimum absolute atomic E-state index is 0.238. The molecule has 1 aliphatic heterocycles. The molecule has 4 rings (SSSR count). The minimum atomic E-state index is 0.238. The third kappa shape index (κ3) is 4.77. The maximum Gasteiger partial charge on any atom is 0.232 e. The lowest BCUT2D eigenvalue weighted by Gasteiger charge is -2.34. The normalized spacial score (nSPS) is 14.5. The van der Waals surface area contributed by atoms with Gasteiger partial charge in [-0.3, -0.25) is 0 Å². The molecule has 0 atom stereocenters. The molecule has 2 heterocycles. The van der Waals surface area contributed by atoms with Crippen LogP contribution in [0.4, 0.5) is 23.3 Å². The van der Waals surface area contributed by atoms with E-state index in [4.69, 9.17) is 10.5 Å². The number of hydrogen-bond donors (Lipinski definition) is 3. The summed E-state index contributed by atoms with van der Waals surface area (Å²) in [5.41, 5.74) is 9.19. The molecule has 0 bridgehead atoms. The molecule has 30 heavy (non-hydrogen) atoms. The second-order valence-corrected chi connectivity index (χ2v) is 7.51. The first kappa shape index (κ1) is 19.9. The fourth-order valence-corrected chi connectivity index (χ4v) is 3.78. The van der Waals surface area contributed by atoms with Gasteiger partial charge in [0.25, 0.3) is 0 Å². The number of nitrogens with one attached hydrogen (secondary N) is 2. The molecular weight excluding hydrogens is 378 g/mol. The number of hydrogen-bond acceptors (Lipinski definition) is 7. The van der Waals surface area contributed by atoms with Crippen molar-refractivity contribution in [2.45, 2.75) is 13.5 Å². The van der Waals surface area contributed by atoms with Crippen LogP contribution in [0.5, 0.6) is 5.75 Å². The van der Waals surface area contributed by atoms with Crippen LogP contribution in [0.1, 0.15) is 11.4 Å². The number of nitrogen functional groups attached to an aromatic ring is 1. The number of ether oxygens (including phenoxy) is 1. The summed E-state index contributed by atoms with van der Waals surface area (Å²) in [6.07, 6.45) is 0. The predicted molar refractivity (Wildman–Crippen MR) is 118 cm³/mol. The molecule has 2 aromatic carbocycles. The highest BCUT2D eigenvalue weighted by Crippen LogP contribution is 2.27. The van der Waals surface area contributed by atoms with Gasteiger partial charge in [0.1, 0.15) is 12.3 Å². The van der Waals surface area contributed by atoms with E-state index in [9.17, 15) is 0 Å². The van der Waals surface area contributed by atoms with E-state index in [1.165, 1.54) is 10.5 Å². The molecule has 0 amide bonds. The number of anilines is 4. The molecule has 1 saturated heterocycles. The van der Waals surface area contributed by atoms with Gasteiger partial charge in [0, 0.05) is 5.69 Å². The maximum atomic E-state index is 5.94. The Bertz CT molecular complexity index is 1000. The summed E-state index contributed by atoms with van der Waals surface area (Å²) in [7, 11) is 1.72. The molecule has 8 nitrogen and oxygen atoms in total. The highest BCUT2D eigenvalue weighted by molar-refractivity contribution is 5.58. The number of methoxy groups -OCH3 is 1. The zero-order valence-corrected chi connectivity index (χ0v) is 17.4. The van der Waals surface area contributed by atoms with Crippen LogP contribution in [0.3, 0.4) is 0 Å². The molecule has 0 saturated carbocycles. The summed E-state index contributed by atoms with van der Waals surface area (Å²) >= 11 is 0. The Balaban J connectivity index is 1.40. The Labute approximate surface area is 176 Å². The average Bonchev–Trinajstić information content (AvgIpc) is 2.74. The van der Waals surface area contributed by atoms with Crippen LogP contribution >= 0.6 is 0 Å². The number of nitrogens with two attached hydrogens (primary N) is 1. The van der Waals surface area contributed by atoms with Gasteiger partial charge in [-0.05, 0) is 36.8 Å². The van der Waals surface area contributed by atoms with Crippen molar-refractivity contribution in [2.75, 3.05) is 49.2 Å². The van der Waals surface area contributed by atoms with E-state index < -0.39 is 0 Å². The molecule has 0 radical (unpaired) electrons. The van der Waals surface area contributed by atoms with Gasteiger partial charge in [-0.1, -0.05) is 24.3 Å². The highest BCUT2D eigenvalue weighted by atomic mass is 16.5. The van der Waals surface area contributed by atoms with Gasteiger partial charge < -0.3 is 25.6 Å². The Morgan fingerprint density at radius 3 is 2.63 bits per heavy atom. The molecule has 0 unspecified atom stereocenters. The van der Waals surface area contributed by atoms with Crippen molar-refractivity contribution in [1.82, 2.24) is 15.0 Å². The molecule has 1 aliphatic rings. The summed E-state index contributed by atoms with van der Waals surface area (Å²) in [5, 5.41) is 3.23. The van der Waals surface area contributed by atoms with Gasteiger partial charge in [0.2, 0.25) is 11.9 Å². The quantitative estimate of drug-likeness (QED) is 0.570. The molecule has 1 aromatic heterocycles. The Morgan fingerprint density at radius 1 is 1.07 bits per heavy atom. The van der Waals surface area contributed by atoms with Crippen molar-refractivity contribution in [3.05, 3.63) is 59.9 Å². The van der Waals surface area contributed by atoms with E-state index in [1.807, 2.05) is 49.4 Å². The van der Waals surface area contributed by atoms with Gasteiger partial charge in [0.05, 0.1) is 39.0 Å². The van der Waals surface area contributed by atoms with Crippen molar-refractivity contribution in [3.63, 3.8) is 0 Å². The van der Waals surface area contributed by atoms with Crippen LogP contribution in [-0.4, -0.2) is 48.2 Å². The summed E-state index contributed by atoms with van der Waals surface area (Å²) in [6.45, 7) is 6.64. The highest BCUT2D eigenvalue weighted by Gasteiger charge is 2.23. The molecule has 4 N–H and O–H groups in total. The van der Waals surface area contributed by atoms with E-state index in [-0.39, 0.29) is 5.95 Å². The Morgan fingerprint density at radius 2 is 1.87 bits per heavy atom. The van der Waals surface area contributed by atoms with Gasteiger partial charge in [-0.25, -0.2) is 0 Å². The maximum absolute atomic E-state index is 5.94. The zero-order valence-electron chi connectivity index (χ0n) is 17.4. The monoisotopic (exact) mass is 406 g/mol. The molecule has 0 aliphatic carbocycles. The van der Waals surface area contributed by atoms with E-state index in [2.05, 4.69) is 31.2 Å². The van der Waals surface area contributed by atoms with E-state index in [0.717, 1.165) is 49.8 Å². The number of quaternary nitrogens is 1. The van der Waals surface area contributed by atoms with Crippen molar-refractivity contribution < 1.29 is 9.64 Å². The first-order valence-corrected chi connectivity index (χ1v) is 10.2. The van der Waals surface area contributed by atoms with Crippen LogP contribution < -0.4 is 25.6 Å². The summed E-state index contributed by atoms with van der Waals surface area (Å²) in [4.78, 5) is 17.0. The van der Waals surface area contributed by atoms with Crippen molar-refractivity contribution in [1.29, 1.82) is 0 Å². The lowest BCUT2D eigenvalue weighted by Crippen LogP contribution is -3.13. The Hall–Kier alpha value is -3.39. The zero-order chi connectivity index (χ0) is 20.9. The molecule has 3 aromatic rings. The van der Waals surface area contributed by atoms with Crippen LogP contribution in [0.15, 0.2) is 48.5 Å². The van der Waals surface area contributed by atoms with Crippen LogP contribution in [0.2, 0.25) is 0 Å². The standard InChI is InChI=1S/C22H27N7O/c1-16-6-5-7-17(14-16)24-22-26-20(25-21(23)27-22)15-28-10-12-29(13-11-28)18-8-3-4-9-19(18)30-2/h3-9,14H,10-13,15H2,1-2H3,(H3,23,24,25,26,27)/p+1. The van der Waals surface area contributed by atoms with Crippen LogP contribution in [0, 0.1) is 6.92 Å². The first-order chi connectivity index (χ1) is 14.6.